The Balaban J connectivity index is 2.03. The lowest BCUT2D eigenvalue weighted by Gasteiger charge is -2.16. The molecule has 2 aromatic rings. The Bertz CT molecular complexity index is 748. The SMILES string of the molecule is C=CCOc1ccccc1CN=C(NCC)NCC(C)c1c(C)noc1C. The Morgan fingerprint density at radius 1 is 1.33 bits per heavy atom. The van der Waals surface area contributed by atoms with Gasteiger partial charge in [0.1, 0.15) is 18.1 Å². The number of para-hydroxylation sites is 1. The third-order valence-electron chi connectivity index (χ3n) is 4.24. The first-order valence-electron chi connectivity index (χ1n) is 9.33. The molecule has 0 amide bonds. The summed E-state index contributed by atoms with van der Waals surface area (Å²) < 4.78 is 11.0. The fraction of sp³-hybridized carbons (Fsp3) is 0.429. The van der Waals surface area contributed by atoms with Gasteiger partial charge in [0, 0.05) is 30.1 Å². The van der Waals surface area contributed by atoms with Crippen LogP contribution in [0.5, 0.6) is 5.75 Å². The summed E-state index contributed by atoms with van der Waals surface area (Å²) in [5.41, 5.74) is 3.13. The number of nitrogens with one attached hydrogen (secondary N) is 2. The van der Waals surface area contributed by atoms with Gasteiger partial charge in [-0.05, 0) is 26.8 Å². The summed E-state index contributed by atoms with van der Waals surface area (Å²) in [4.78, 5) is 4.70. The monoisotopic (exact) mass is 370 g/mol. The highest BCUT2D eigenvalue weighted by Gasteiger charge is 2.16. The van der Waals surface area contributed by atoms with E-state index in [2.05, 4.69) is 36.2 Å². The van der Waals surface area contributed by atoms with E-state index in [1.165, 1.54) is 0 Å². The number of aliphatic imine (C=N–C) groups is 1. The molecule has 0 saturated carbocycles. The van der Waals surface area contributed by atoms with Crippen molar-refractivity contribution in [2.75, 3.05) is 19.7 Å². The number of rotatable bonds is 9. The molecule has 0 aliphatic heterocycles. The largest absolute Gasteiger partial charge is 0.489 e. The second-order valence-corrected chi connectivity index (χ2v) is 6.42. The third-order valence-corrected chi connectivity index (χ3v) is 4.24. The molecule has 1 aromatic heterocycles. The highest BCUT2D eigenvalue weighted by Crippen LogP contribution is 2.22. The average Bonchev–Trinajstić information content (AvgIpc) is 3.01. The summed E-state index contributed by atoms with van der Waals surface area (Å²) in [5, 5.41) is 10.7. The predicted octanol–water partition coefficient (Wildman–Crippen LogP) is 3.72. The Kier molecular flexibility index (Phi) is 7.92. The molecular formula is C21H30N4O2. The van der Waals surface area contributed by atoms with Gasteiger partial charge in [0.05, 0.1) is 12.2 Å². The van der Waals surface area contributed by atoms with E-state index in [1.54, 1.807) is 6.08 Å². The zero-order valence-electron chi connectivity index (χ0n) is 16.7. The van der Waals surface area contributed by atoms with Gasteiger partial charge in [-0.1, -0.05) is 42.9 Å². The minimum atomic E-state index is 0.267. The molecule has 0 radical (unpaired) electrons. The molecule has 0 aliphatic rings. The second-order valence-electron chi connectivity index (χ2n) is 6.42. The van der Waals surface area contributed by atoms with Crippen LogP contribution in [0.15, 0.2) is 46.4 Å². The average molecular weight is 370 g/mol. The normalized spacial score (nSPS) is 12.5. The van der Waals surface area contributed by atoms with Crippen molar-refractivity contribution in [2.24, 2.45) is 4.99 Å². The molecule has 0 aliphatic carbocycles. The summed E-state index contributed by atoms with van der Waals surface area (Å²) >= 11 is 0. The second kappa shape index (κ2) is 10.4. The Hall–Kier alpha value is -2.76. The van der Waals surface area contributed by atoms with Crippen LogP contribution in [0.4, 0.5) is 0 Å². The summed E-state index contributed by atoms with van der Waals surface area (Å²) in [7, 11) is 0. The predicted molar refractivity (Wildman–Crippen MR) is 109 cm³/mol. The third kappa shape index (κ3) is 5.88. The highest BCUT2D eigenvalue weighted by molar-refractivity contribution is 5.79. The number of guanidine groups is 1. The number of ether oxygens (including phenoxy) is 1. The van der Waals surface area contributed by atoms with Crippen molar-refractivity contribution in [3.8, 4) is 5.75 Å². The summed E-state index contributed by atoms with van der Waals surface area (Å²) in [6, 6.07) is 7.93. The van der Waals surface area contributed by atoms with E-state index >= 15 is 0 Å². The van der Waals surface area contributed by atoms with Crippen molar-refractivity contribution in [3.05, 3.63) is 59.5 Å². The number of hydrogen-bond donors (Lipinski definition) is 2. The van der Waals surface area contributed by atoms with Crippen molar-refractivity contribution in [1.82, 2.24) is 15.8 Å². The van der Waals surface area contributed by atoms with Crippen LogP contribution in [-0.4, -0.2) is 30.8 Å². The molecule has 27 heavy (non-hydrogen) atoms. The number of aromatic nitrogens is 1. The van der Waals surface area contributed by atoms with Gasteiger partial charge in [0.15, 0.2) is 5.96 Å². The van der Waals surface area contributed by atoms with Gasteiger partial charge in [-0.25, -0.2) is 4.99 Å². The maximum Gasteiger partial charge on any atom is 0.191 e. The zero-order chi connectivity index (χ0) is 19.6. The lowest BCUT2D eigenvalue weighted by Crippen LogP contribution is -2.39. The molecule has 0 fully saturated rings. The topological polar surface area (TPSA) is 71.7 Å². The van der Waals surface area contributed by atoms with Gasteiger partial charge >= 0.3 is 0 Å². The molecular weight excluding hydrogens is 340 g/mol. The van der Waals surface area contributed by atoms with Crippen LogP contribution in [0.2, 0.25) is 0 Å². The Labute approximate surface area is 161 Å². The van der Waals surface area contributed by atoms with E-state index in [9.17, 15) is 0 Å². The van der Waals surface area contributed by atoms with E-state index in [4.69, 9.17) is 14.3 Å². The fourth-order valence-corrected chi connectivity index (χ4v) is 2.98. The lowest BCUT2D eigenvalue weighted by atomic mass is 10.00. The molecule has 0 bridgehead atoms. The number of benzene rings is 1. The zero-order valence-corrected chi connectivity index (χ0v) is 16.7. The van der Waals surface area contributed by atoms with Gasteiger partial charge in [0.2, 0.25) is 0 Å². The molecule has 1 aromatic carbocycles. The molecule has 6 nitrogen and oxygen atoms in total. The van der Waals surface area contributed by atoms with E-state index in [0.717, 1.165) is 47.4 Å². The van der Waals surface area contributed by atoms with Gasteiger partial charge in [-0.3, -0.25) is 0 Å². The lowest BCUT2D eigenvalue weighted by molar-refractivity contribution is 0.359. The summed E-state index contributed by atoms with van der Waals surface area (Å²) in [6.07, 6.45) is 1.74. The molecule has 0 saturated heterocycles. The van der Waals surface area contributed by atoms with Gasteiger partial charge < -0.3 is 19.9 Å². The Morgan fingerprint density at radius 3 is 2.78 bits per heavy atom. The molecule has 6 heteroatoms. The van der Waals surface area contributed by atoms with Gasteiger partial charge in [-0.15, -0.1) is 0 Å². The van der Waals surface area contributed by atoms with Crippen LogP contribution in [0, 0.1) is 13.8 Å². The van der Waals surface area contributed by atoms with Gasteiger partial charge in [0.25, 0.3) is 0 Å². The number of hydrogen-bond acceptors (Lipinski definition) is 4. The first-order chi connectivity index (χ1) is 13.1. The van der Waals surface area contributed by atoms with Crippen LogP contribution < -0.4 is 15.4 Å². The van der Waals surface area contributed by atoms with Crippen molar-refractivity contribution in [3.63, 3.8) is 0 Å². The minimum absolute atomic E-state index is 0.267. The van der Waals surface area contributed by atoms with Gasteiger partial charge in [-0.2, -0.15) is 0 Å². The molecule has 2 N–H and O–H groups in total. The van der Waals surface area contributed by atoms with Crippen LogP contribution in [0.3, 0.4) is 0 Å². The van der Waals surface area contributed by atoms with Crippen molar-refractivity contribution in [2.45, 2.75) is 40.2 Å². The van der Waals surface area contributed by atoms with E-state index in [0.29, 0.717) is 13.2 Å². The molecule has 1 atom stereocenters. The first-order valence-corrected chi connectivity index (χ1v) is 9.33. The van der Waals surface area contributed by atoms with E-state index in [1.807, 2.05) is 38.1 Å². The van der Waals surface area contributed by atoms with Crippen molar-refractivity contribution >= 4 is 5.96 Å². The molecule has 2 rings (SSSR count). The van der Waals surface area contributed by atoms with Crippen LogP contribution in [0.25, 0.3) is 0 Å². The summed E-state index contributed by atoms with van der Waals surface area (Å²) in [5.74, 6) is 2.75. The number of aryl methyl sites for hydroxylation is 2. The standard InChI is InChI=1S/C21H30N4O2/c1-6-12-26-19-11-9-8-10-18(19)14-24-21(22-7-2)23-13-15(3)20-16(4)25-27-17(20)5/h6,8-11,15H,1,7,12-14H2,2-5H3,(H2,22,23,24). The van der Waals surface area contributed by atoms with Crippen molar-refractivity contribution in [1.29, 1.82) is 0 Å². The fourth-order valence-electron chi connectivity index (χ4n) is 2.98. The Morgan fingerprint density at radius 2 is 2.11 bits per heavy atom. The van der Waals surface area contributed by atoms with Crippen LogP contribution in [-0.2, 0) is 6.54 Å². The highest BCUT2D eigenvalue weighted by atomic mass is 16.5. The molecule has 146 valence electrons. The maximum atomic E-state index is 5.71. The quantitative estimate of drug-likeness (QED) is 0.400. The smallest absolute Gasteiger partial charge is 0.191 e. The molecule has 1 unspecified atom stereocenters. The van der Waals surface area contributed by atoms with Crippen LogP contribution >= 0.6 is 0 Å². The first kappa shape index (κ1) is 20.6. The van der Waals surface area contributed by atoms with Crippen molar-refractivity contribution < 1.29 is 9.26 Å². The minimum Gasteiger partial charge on any atom is -0.489 e. The van der Waals surface area contributed by atoms with E-state index in [-0.39, 0.29) is 5.92 Å². The molecule has 0 spiro atoms. The van der Waals surface area contributed by atoms with E-state index < -0.39 is 0 Å². The maximum absolute atomic E-state index is 5.71. The molecule has 1 heterocycles. The summed E-state index contributed by atoms with van der Waals surface area (Å²) in [6.45, 7) is 14.4. The van der Waals surface area contributed by atoms with Crippen LogP contribution in [0.1, 0.15) is 42.3 Å². The number of nitrogens with zero attached hydrogens (tertiary/aromatic N) is 2.